The van der Waals surface area contributed by atoms with E-state index < -0.39 is 0 Å². The van der Waals surface area contributed by atoms with Crippen molar-refractivity contribution in [3.05, 3.63) is 59.0 Å². The van der Waals surface area contributed by atoms with Gasteiger partial charge in [-0.15, -0.1) is 0 Å². The molecule has 0 aliphatic carbocycles. The maximum absolute atomic E-state index is 11.5. The van der Waals surface area contributed by atoms with E-state index in [-0.39, 0.29) is 5.97 Å². The van der Waals surface area contributed by atoms with E-state index in [9.17, 15) is 4.79 Å². The van der Waals surface area contributed by atoms with Crippen LogP contribution >= 0.6 is 0 Å². The minimum Gasteiger partial charge on any atom is -0.465 e. The first-order valence-corrected chi connectivity index (χ1v) is 6.63. The Morgan fingerprint density at radius 1 is 1.30 bits per heavy atom. The third kappa shape index (κ3) is 3.71. The second-order valence-electron chi connectivity index (χ2n) is 4.59. The van der Waals surface area contributed by atoms with Crippen molar-refractivity contribution in [3.63, 3.8) is 0 Å². The molecule has 0 fully saturated rings. The minimum absolute atomic E-state index is 0.359. The molecule has 0 atom stereocenters. The van der Waals surface area contributed by atoms with E-state index in [1.54, 1.807) is 13.0 Å². The number of benzene rings is 1. The lowest BCUT2D eigenvalue weighted by molar-refractivity contribution is 0.0599. The smallest absolute Gasteiger partial charge is 0.341 e. The lowest BCUT2D eigenvalue weighted by atomic mass is 10.1. The van der Waals surface area contributed by atoms with E-state index in [0.717, 1.165) is 18.7 Å². The van der Waals surface area contributed by atoms with Crippen molar-refractivity contribution in [3.8, 4) is 0 Å². The first kappa shape index (κ1) is 14.3. The van der Waals surface area contributed by atoms with Gasteiger partial charge in [0, 0.05) is 0 Å². The zero-order valence-electron chi connectivity index (χ0n) is 11.8. The molecular formula is C16H19NO3. The largest absolute Gasteiger partial charge is 0.465 e. The number of carbonyl (C=O) groups excluding carboxylic acids is 1. The Hall–Kier alpha value is -2.07. The molecule has 1 aromatic carbocycles. The Kier molecular flexibility index (Phi) is 4.96. The van der Waals surface area contributed by atoms with Gasteiger partial charge in [0.25, 0.3) is 0 Å². The summed E-state index contributed by atoms with van der Waals surface area (Å²) < 4.78 is 10.2. The first-order chi connectivity index (χ1) is 9.70. The SMILES string of the molecule is COC(=O)c1cc(CNCCc2ccccc2)oc1C. The number of hydrogen-bond acceptors (Lipinski definition) is 4. The summed E-state index contributed by atoms with van der Waals surface area (Å²) in [5, 5.41) is 3.30. The van der Waals surface area contributed by atoms with Crippen molar-refractivity contribution < 1.29 is 13.9 Å². The topological polar surface area (TPSA) is 51.5 Å². The average Bonchev–Trinajstić information content (AvgIpc) is 2.85. The molecule has 4 nitrogen and oxygen atoms in total. The monoisotopic (exact) mass is 273 g/mol. The highest BCUT2D eigenvalue weighted by Crippen LogP contribution is 2.15. The number of ether oxygens (including phenoxy) is 1. The molecule has 1 N–H and O–H groups in total. The van der Waals surface area contributed by atoms with Gasteiger partial charge in [-0.25, -0.2) is 4.79 Å². The summed E-state index contributed by atoms with van der Waals surface area (Å²) in [5.74, 6) is 0.981. The fourth-order valence-corrected chi connectivity index (χ4v) is 2.03. The molecule has 0 bridgehead atoms. The number of nitrogens with one attached hydrogen (secondary N) is 1. The van der Waals surface area contributed by atoms with Crippen LogP contribution in [0.1, 0.15) is 27.4 Å². The molecule has 0 unspecified atom stereocenters. The van der Waals surface area contributed by atoms with Crippen molar-refractivity contribution in [1.82, 2.24) is 5.32 Å². The van der Waals surface area contributed by atoms with Gasteiger partial charge in [-0.2, -0.15) is 0 Å². The predicted molar refractivity (Wildman–Crippen MR) is 76.6 cm³/mol. The van der Waals surface area contributed by atoms with Crippen LogP contribution in [0.25, 0.3) is 0 Å². The summed E-state index contributed by atoms with van der Waals surface area (Å²) in [4.78, 5) is 11.5. The maximum Gasteiger partial charge on any atom is 0.341 e. The zero-order chi connectivity index (χ0) is 14.4. The number of carbonyl (C=O) groups is 1. The number of hydrogen-bond donors (Lipinski definition) is 1. The number of rotatable bonds is 6. The van der Waals surface area contributed by atoms with Gasteiger partial charge in [-0.1, -0.05) is 30.3 Å². The van der Waals surface area contributed by atoms with Crippen LogP contribution in [0, 0.1) is 6.92 Å². The summed E-state index contributed by atoms with van der Waals surface area (Å²) in [6.07, 6.45) is 0.963. The highest BCUT2D eigenvalue weighted by atomic mass is 16.5. The van der Waals surface area contributed by atoms with Gasteiger partial charge >= 0.3 is 5.97 Å². The minimum atomic E-state index is -0.359. The van der Waals surface area contributed by atoms with Crippen LogP contribution in [0.4, 0.5) is 0 Å². The normalized spacial score (nSPS) is 10.5. The predicted octanol–water partition coefficient (Wildman–Crippen LogP) is 2.71. The second-order valence-corrected chi connectivity index (χ2v) is 4.59. The fourth-order valence-electron chi connectivity index (χ4n) is 2.03. The number of aryl methyl sites for hydroxylation is 1. The number of furan rings is 1. The molecule has 2 aromatic rings. The highest BCUT2D eigenvalue weighted by Gasteiger charge is 2.14. The summed E-state index contributed by atoms with van der Waals surface area (Å²) in [6, 6.07) is 12.0. The van der Waals surface area contributed by atoms with Crippen molar-refractivity contribution >= 4 is 5.97 Å². The quantitative estimate of drug-likeness (QED) is 0.649. The second kappa shape index (κ2) is 6.91. The molecule has 0 saturated carbocycles. The van der Waals surface area contributed by atoms with Gasteiger partial charge in [-0.05, 0) is 31.5 Å². The third-order valence-electron chi connectivity index (χ3n) is 3.11. The van der Waals surface area contributed by atoms with E-state index in [4.69, 9.17) is 9.15 Å². The summed E-state index contributed by atoms with van der Waals surface area (Å²) in [7, 11) is 1.37. The Morgan fingerprint density at radius 2 is 2.05 bits per heavy atom. The Morgan fingerprint density at radius 3 is 2.75 bits per heavy atom. The van der Waals surface area contributed by atoms with Crippen LogP contribution in [0.2, 0.25) is 0 Å². The van der Waals surface area contributed by atoms with Crippen LogP contribution in [0.5, 0.6) is 0 Å². The molecule has 4 heteroatoms. The van der Waals surface area contributed by atoms with Crippen LogP contribution < -0.4 is 5.32 Å². The Balaban J connectivity index is 1.81. The molecule has 20 heavy (non-hydrogen) atoms. The molecule has 0 radical (unpaired) electrons. The van der Waals surface area contributed by atoms with Gasteiger partial charge < -0.3 is 14.5 Å². The van der Waals surface area contributed by atoms with E-state index in [1.165, 1.54) is 12.7 Å². The summed E-state index contributed by atoms with van der Waals surface area (Å²) in [6.45, 7) is 3.22. The van der Waals surface area contributed by atoms with Crippen LogP contribution in [-0.2, 0) is 17.7 Å². The van der Waals surface area contributed by atoms with Crippen LogP contribution in [0.3, 0.4) is 0 Å². The lowest BCUT2D eigenvalue weighted by Crippen LogP contribution is -2.16. The van der Waals surface area contributed by atoms with Crippen LogP contribution in [0.15, 0.2) is 40.8 Å². The Labute approximate surface area is 118 Å². The van der Waals surface area contributed by atoms with E-state index >= 15 is 0 Å². The van der Waals surface area contributed by atoms with Gasteiger partial charge in [0.2, 0.25) is 0 Å². The van der Waals surface area contributed by atoms with Gasteiger partial charge in [0.15, 0.2) is 0 Å². The third-order valence-corrected chi connectivity index (χ3v) is 3.11. The molecule has 0 aliphatic heterocycles. The van der Waals surface area contributed by atoms with Crippen molar-refractivity contribution in [2.45, 2.75) is 19.9 Å². The van der Waals surface area contributed by atoms with Gasteiger partial charge in [-0.3, -0.25) is 0 Å². The van der Waals surface area contributed by atoms with E-state index in [0.29, 0.717) is 17.9 Å². The molecule has 1 aromatic heterocycles. The molecule has 1 heterocycles. The van der Waals surface area contributed by atoms with Gasteiger partial charge in [0.1, 0.15) is 17.1 Å². The summed E-state index contributed by atoms with van der Waals surface area (Å²) in [5.41, 5.74) is 1.79. The lowest BCUT2D eigenvalue weighted by Gasteiger charge is -2.02. The molecule has 0 saturated heterocycles. The van der Waals surface area contributed by atoms with E-state index in [2.05, 4.69) is 17.4 Å². The van der Waals surface area contributed by atoms with E-state index in [1.807, 2.05) is 18.2 Å². The molecular weight excluding hydrogens is 254 g/mol. The fraction of sp³-hybridized carbons (Fsp3) is 0.312. The zero-order valence-corrected chi connectivity index (χ0v) is 11.8. The number of methoxy groups -OCH3 is 1. The molecule has 0 spiro atoms. The maximum atomic E-state index is 11.5. The number of esters is 1. The first-order valence-electron chi connectivity index (χ1n) is 6.63. The molecule has 0 aliphatic rings. The highest BCUT2D eigenvalue weighted by molar-refractivity contribution is 5.90. The van der Waals surface area contributed by atoms with Crippen LogP contribution in [-0.4, -0.2) is 19.6 Å². The summed E-state index contributed by atoms with van der Waals surface area (Å²) >= 11 is 0. The Bertz CT molecular complexity index is 560. The average molecular weight is 273 g/mol. The van der Waals surface area contributed by atoms with Crippen molar-refractivity contribution in [2.24, 2.45) is 0 Å². The molecule has 0 amide bonds. The molecule has 2 rings (SSSR count). The van der Waals surface area contributed by atoms with Gasteiger partial charge in [0.05, 0.1) is 13.7 Å². The van der Waals surface area contributed by atoms with Crippen molar-refractivity contribution in [1.29, 1.82) is 0 Å². The molecule has 106 valence electrons. The standard InChI is InChI=1S/C16H19NO3/c1-12-15(16(18)19-2)10-14(20-12)11-17-9-8-13-6-4-3-5-7-13/h3-7,10,17H,8-9,11H2,1-2H3. The van der Waals surface area contributed by atoms with Crippen molar-refractivity contribution in [2.75, 3.05) is 13.7 Å².